The monoisotopic (exact) mass is 195 g/mol. The van der Waals surface area contributed by atoms with Crippen LogP contribution in [0.1, 0.15) is 0 Å². The third kappa shape index (κ3) is 306. The van der Waals surface area contributed by atoms with Gasteiger partial charge in [-0.3, -0.25) is 8.42 Å². The van der Waals surface area contributed by atoms with E-state index in [-0.39, 0.29) is 39.9 Å². The van der Waals surface area contributed by atoms with Crippen LogP contribution >= 0.6 is 0 Å². The minimum absolute atomic E-state index is 0. The second kappa shape index (κ2) is 7.88. The van der Waals surface area contributed by atoms with E-state index in [9.17, 15) is 0 Å². The molecular weight excluding hydrogens is 195 g/mol. The van der Waals surface area contributed by atoms with Crippen molar-refractivity contribution in [1.82, 2.24) is 0 Å². The molecule has 0 rings (SSSR count). The molecule has 0 N–H and O–H groups in total. The van der Waals surface area contributed by atoms with Gasteiger partial charge in [0, 0.05) is 10.4 Å². The zero-order valence-electron chi connectivity index (χ0n) is 3.38. The third-order valence-corrected chi connectivity index (χ3v) is 0. The Morgan fingerprint density at radius 1 is 1.12 bits per heavy atom. The average Bonchev–Trinajstić information content (AvgIpc) is 0.722. The van der Waals surface area contributed by atoms with Crippen LogP contribution in [0.2, 0.25) is 0 Å². The standard InChI is InChI=1S/Al.Fe.H2O4S.O/c;;1-5(2,3)4;/h;;(H2,1,2,3,4);/q+3;+2;;-2/p-2. The summed E-state index contributed by atoms with van der Waals surface area (Å²) in [5.41, 5.74) is 0. The molecular formula is AlFeO5S+. The Labute approximate surface area is 68.0 Å². The normalized spacial score (nSPS) is 7.25. The summed E-state index contributed by atoms with van der Waals surface area (Å²) in [6, 6.07) is 0. The predicted octanol–water partition coefficient (Wildman–Crippen LogP) is -1.84. The number of rotatable bonds is 0. The Bertz CT molecular complexity index is 95.6. The van der Waals surface area contributed by atoms with Gasteiger partial charge in [0.2, 0.25) is 0 Å². The van der Waals surface area contributed by atoms with E-state index in [1.807, 2.05) is 0 Å². The molecule has 0 amide bonds. The smallest absolute Gasteiger partial charge is 2.00 e. The van der Waals surface area contributed by atoms with Crippen LogP contribution < -0.4 is 0 Å². The number of hydrogen-bond donors (Lipinski definition) is 0. The zero-order valence-corrected chi connectivity index (χ0v) is 6.46. The van der Waals surface area contributed by atoms with E-state index in [1.165, 1.54) is 0 Å². The summed E-state index contributed by atoms with van der Waals surface area (Å²) in [4.78, 5) is 0. The number of hydrogen-bond acceptors (Lipinski definition) is 4. The van der Waals surface area contributed by atoms with Crippen LogP contribution in [0.3, 0.4) is 0 Å². The van der Waals surface area contributed by atoms with Crippen LogP contribution in [0.4, 0.5) is 0 Å². The molecule has 46 valence electrons. The van der Waals surface area contributed by atoms with Gasteiger partial charge in [0.05, 0.1) is 0 Å². The van der Waals surface area contributed by atoms with Crippen LogP contribution in [-0.2, 0) is 32.9 Å². The van der Waals surface area contributed by atoms with Gasteiger partial charge < -0.3 is 14.6 Å². The second-order valence-corrected chi connectivity index (χ2v) is 1.22. The molecule has 8 heteroatoms. The molecule has 0 saturated carbocycles. The second-order valence-electron chi connectivity index (χ2n) is 0.408. The Kier molecular flexibility index (Phi) is 22.8. The Morgan fingerprint density at radius 2 is 1.12 bits per heavy atom. The third-order valence-electron chi connectivity index (χ3n) is 0. The first-order chi connectivity index (χ1) is 2.00. The van der Waals surface area contributed by atoms with Gasteiger partial charge in [-0.2, -0.15) is 0 Å². The summed E-state index contributed by atoms with van der Waals surface area (Å²) in [5, 5.41) is 0. The van der Waals surface area contributed by atoms with E-state index in [1.54, 1.807) is 0 Å². The first-order valence-electron chi connectivity index (χ1n) is 0.667. The van der Waals surface area contributed by atoms with Gasteiger partial charge in [-0.25, -0.2) is 0 Å². The molecule has 0 atom stereocenters. The van der Waals surface area contributed by atoms with Gasteiger partial charge in [-0.15, -0.1) is 0 Å². The Morgan fingerprint density at radius 3 is 1.12 bits per heavy atom. The average molecular weight is 195 g/mol. The topological polar surface area (TPSA) is 109 Å². The van der Waals surface area contributed by atoms with Crippen molar-refractivity contribution >= 4 is 27.8 Å². The minimum atomic E-state index is -5.17. The van der Waals surface area contributed by atoms with Crippen LogP contribution in [0.5, 0.6) is 0 Å². The van der Waals surface area contributed by atoms with Gasteiger partial charge in [-0.1, -0.05) is 0 Å². The quantitative estimate of drug-likeness (QED) is 0.257. The minimum Gasteiger partial charge on any atom is -2.00 e. The molecule has 0 bridgehead atoms. The van der Waals surface area contributed by atoms with Crippen LogP contribution in [-0.4, -0.2) is 34.9 Å². The fraction of sp³-hybridized carbons (Fsp3) is 0. The summed E-state index contributed by atoms with van der Waals surface area (Å²) in [6.45, 7) is 0. The fourth-order valence-corrected chi connectivity index (χ4v) is 0. The molecule has 0 aliphatic heterocycles. The van der Waals surface area contributed by atoms with E-state index < -0.39 is 10.4 Å². The molecule has 0 aromatic carbocycles. The Hall–Kier alpha value is 0.882. The summed E-state index contributed by atoms with van der Waals surface area (Å²) in [7, 11) is -5.17. The zero-order chi connectivity index (χ0) is 4.50. The van der Waals surface area contributed by atoms with Gasteiger partial charge in [0.25, 0.3) is 0 Å². The van der Waals surface area contributed by atoms with Crippen LogP contribution in [0, 0.1) is 0 Å². The summed E-state index contributed by atoms with van der Waals surface area (Å²) in [6.07, 6.45) is 0. The van der Waals surface area contributed by atoms with Crippen molar-refractivity contribution in [2.75, 3.05) is 0 Å². The fourth-order valence-electron chi connectivity index (χ4n) is 0. The maximum atomic E-state index is 8.52. The molecule has 0 aliphatic carbocycles. The maximum Gasteiger partial charge on any atom is 3.00 e. The molecule has 0 radical (unpaired) electrons. The first kappa shape index (κ1) is 23.2. The van der Waals surface area contributed by atoms with E-state index in [4.69, 9.17) is 17.5 Å². The summed E-state index contributed by atoms with van der Waals surface area (Å²) in [5.74, 6) is 0. The van der Waals surface area contributed by atoms with Crippen molar-refractivity contribution in [2.45, 2.75) is 0 Å². The van der Waals surface area contributed by atoms with Crippen molar-refractivity contribution < 1.29 is 40.1 Å². The van der Waals surface area contributed by atoms with Crippen molar-refractivity contribution in [3.05, 3.63) is 0 Å². The molecule has 5 nitrogen and oxygen atoms in total. The largest absolute Gasteiger partial charge is 3.00 e. The summed E-state index contributed by atoms with van der Waals surface area (Å²) >= 11 is 0. The Balaban J connectivity index is -0.0000000267. The SMILES string of the molecule is O=S(=O)([O-])[O-].[Al+3].[Fe+2].[O-2]. The molecule has 0 spiro atoms. The molecule has 0 saturated heterocycles. The van der Waals surface area contributed by atoms with Gasteiger partial charge in [0.15, 0.2) is 0 Å². The van der Waals surface area contributed by atoms with E-state index in [0.717, 1.165) is 0 Å². The van der Waals surface area contributed by atoms with Crippen LogP contribution in [0.25, 0.3) is 0 Å². The molecule has 0 heterocycles. The van der Waals surface area contributed by atoms with Crippen molar-refractivity contribution in [3.63, 3.8) is 0 Å². The maximum absolute atomic E-state index is 8.52. The first-order valence-corrected chi connectivity index (χ1v) is 2.00. The van der Waals surface area contributed by atoms with Crippen molar-refractivity contribution in [2.24, 2.45) is 0 Å². The van der Waals surface area contributed by atoms with Gasteiger partial charge in [0.1, 0.15) is 0 Å². The molecule has 0 aromatic rings. The molecule has 0 fully saturated rings. The van der Waals surface area contributed by atoms with Crippen LogP contribution in [0.15, 0.2) is 0 Å². The van der Waals surface area contributed by atoms with Crippen molar-refractivity contribution in [1.29, 1.82) is 0 Å². The van der Waals surface area contributed by atoms with Gasteiger partial charge >= 0.3 is 34.4 Å². The molecule has 0 aromatic heterocycles. The summed E-state index contributed by atoms with van der Waals surface area (Å²) < 4.78 is 34.1. The van der Waals surface area contributed by atoms with Gasteiger partial charge in [-0.05, 0) is 0 Å². The van der Waals surface area contributed by atoms with Crippen molar-refractivity contribution in [3.8, 4) is 0 Å². The van der Waals surface area contributed by atoms with E-state index in [0.29, 0.717) is 0 Å². The molecule has 8 heavy (non-hydrogen) atoms. The van der Waals surface area contributed by atoms with E-state index >= 15 is 0 Å². The molecule has 0 unspecified atom stereocenters. The van der Waals surface area contributed by atoms with E-state index in [2.05, 4.69) is 0 Å². The predicted molar refractivity (Wildman–Crippen MR) is 16.9 cm³/mol. The molecule has 0 aliphatic rings.